The molecule has 0 saturated heterocycles. The van der Waals surface area contributed by atoms with Gasteiger partial charge in [0.1, 0.15) is 0 Å². The molecule has 0 atom stereocenters. The molecule has 0 rings (SSSR count). The molecule has 0 aliphatic heterocycles. The van der Waals surface area contributed by atoms with Crippen LogP contribution in [0.25, 0.3) is 0 Å². The molecule has 0 aromatic heterocycles. The van der Waals surface area contributed by atoms with Gasteiger partial charge >= 0.3 is 0 Å². The fourth-order valence-corrected chi connectivity index (χ4v) is 0.889. The second-order valence-corrected chi connectivity index (χ2v) is 3.73. The van der Waals surface area contributed by atoms with Crippen molar-refractivity contribution in [1.82, 2.24) is 0 Å². The molecule has 0 aliphatic rings. The third-order valence-corrected chi connectivity index (χ3v) is 1.49. The normalized spacial score (nSPS) is 11.2. The van der Waals surface area contributed by atoms with E-state index in [4.69, 9.17) is 4.74 Å². The number of unbranched alkanes of at least 4 members (excludes halogenated alkanes) is 1. The van der Waals surface area contributed by atoms with Crippen LogP contribution in [0.1, 0.15) is 48.0 Å². The fraction of sp³-hybridized carbons (Fsp3) is 0.833. The summed E-state index contributed by atoms with van der Waals surface area (Å²) in [6.07, 6.45) is 7.15. The summed E-state index contributed by atoms with van der Waals surface area (Å²) in [4.78, 5) is 0. The smallest absolute Gasteiger partial charge is 0.0518 e. The summed E-state index contributed by atoms with van der Waals surface area (Å²) in [6.45, 7) is 9.43. The summed E-state index contributed by atoms with van der Waals surface area (Å²) < 4.78 is 5.41. The molecule has 0 bridgehead atoms. The summed E-state index contributed by atoms with van der Waals surface area (Å²) in [5.41, 5.74) is 0. The van der Waals surface area contributed by atoms with E-state index in [2.05, 4.69) is 39.8 Å². The van der Waals surface area contributed by atoms with Crippen LogP contribution in [0.5, 0.6) is 0 Å². The fourth-order valence-electron chi connectivity index (χ4n) is 0.889. The van der Waals surface area contributed by atoms with Gasteiger partial charge in [0.2, 0.25) is 0 Å². The highest BCUT2D eigenvalue weighted by atomic mass is 16.5. The van der Waals surface area contributed by atoms with Gasteiger partial charge < -0.3 is 4.74 Å². The Hall–Kier alpha value is -0.300. The molecule has 0 aliphatic carbocycles. The topological polar surface area (TPSA) is 9.23 Å². The molecule has 0 aromatic rings. The van der Waals surface area contributed by atoms with E-state index in [0.29, 0.717) is 12.0 Å². The van der Waals surface area contributed by atoms with Crippen molar-refractivity contribution < 1.29 is 4.74 Å². The van der Waals surface area contributed by atoms with Crippen molar-refractivity contribution in [3.63, 3.8) is 0 Å². The van der Waals surface area contributed by atoms with Gasteiger partial charge in [-0.3, -0.25) is 0 Å². The van der Waals surface area contributed by atoms with Gasteiger partial charge in [0.05, 0.1) is 6.10 Å². The van der Waals surface area contributed by atoms with Crippen molar-refractivity contribution in [1.29, 1.82) is 0 Å². The first-order valence-corrected chi connectivity index (χ1v) is 4.91. The van der Waals surface area contributed by atoms with Crippen LogP contribution in [-0.2, 0) is 4.74 Å². The Balaban J connectivity index is 0. The minimum absolute atomic E-state index is 0. The molecule has 0 heterocycles. The van der Waals surface area contributed by atoms with Gasteiger partial charge in [0.25, 0.3) is 0 Å². The molecule has 0 unspecified atom stereocenters. The third kappa shape index (κ3) is 14.5. The summed E-state index contributed by atoms with van der Waals surface area (Å²) in [5, 5.41) is 0. The maximum atomic E-state index is 5.41. The number of ether oxygens (including phenoxy) is 1. The highest BCUT2D eigenvalue weighted by molar-refractivity contribution is 4.83. The number of allylic oxidation sites excluding steroid dienone is 2. The monoisotopic (exact) mass is 186 g/mol. The van der Waals surface area contributed by atoms with E-state index >= 15 is 0 Å². The van der Waals surface area contributed by atoms with Crippen LogP contribution in [-0.4, -0.2) is 12.7 Å². The Morgan fingerprint density at radius 3 is 2.23 bits per heavy atom. The summed E-state index contributed by atoms with van der Waals surface area (Å²) in [5.74, 6) is 0.677. The molecule has 1 nitrogen and oxygen atoms in total. The van der Waals surface area contributed by atoms with Crippen LogP contribution in [0.2, 0.25) is 0 Å². The lowest BCUT2D eigenvalue weighted by molar-refractivity contribution is 0.0775. The molecule has 0 spiro atoms. The van der Waals surface area contributed by atoms with E-state index in [9.17, 15) is 0 Å². The number of hydrogen-bond donors (Lipinski definition) is 0. The molecule has 80 valence electrons. The van der Waals surface area contributed by atoms with Gasteiger partial charge in [-0.1, -0.05) is 33.4 Å². The van der Waals surface area contributed by atoms with Crippen molar-refractivity contribution >= 4 is 0 Å². The van der Waals surface area contributed by atoms with Crippen LogP contribution in [0.15, 0.2) is 12.2 Å². The zero-order chi connectivity index (χ0) is 9.40. The van der Waals surface area contributed by atoms with Gasteiger partial charge in [0.15, 0.2) is 0 Å². The van der Waals surface area contributed by atoms with Gasteiger partial charge in [-0.05, 0) is 32.6 Å². The predicted molar refractivity (Wildman–Crippen MR) is 61.0 cm³/mol. The van der Waals surface area contributed by atoms with Gasteiger partial charge in [0, 0.05) is 6.61 Å². The van der Waals surface area contributed by atoms with E-state index in [1.807, 2.05) is 0 Å². The van der Waals surface area contributed by atoms with Crippen LogP contribution in [0.4, 0.5) is 0 Å². The lowest BCUT2D eigenvalue weighted by Gasteiger charge is -2.05. The van der Waals surface area contributed by atoms with Crippen LogP contribution < -0.4 is 0 Å². The Labute approximate surface area is 84.2 Å². The molecule has 0 N–H and O–H groups in total. The van der Waals surface area contributed by atoms with Crippen molar-refractivity contribution in [2.75, 3.05) is 6.61 Å². The third-order valence-electron chi connectivity index (χ3n) is 1.49. The first-order chi connectivity index (χ1) is 5.63. The Morgan fingerprint density at radius 2 is 1.77 bits per heavy atom. The lowest BCUT2D eigenvalue weighted by atomic mass is 10.2. The zero-order valence-electron chi connectivity index (χ0n) is 8.84. The quantitative estimate of drug-likeness (QED) is 0.449. The summed E-state index contributed by atoms with van der Waals surface area (Å²) in [7, 11) is 0. The van der Waals surface area contributed by atoms with Crippen molar-refractivity contribution in [3.8, 4) is 0 Å². The van der Waals surface area contributed by atoms with E-state index in [-0.39, 0.29) is 7.43 Å². The van der Waals surface area contributed by atoms with Crippen LogP contribution in [0, 0.1) is 5.92 Å². The average molecular weight is 186 g/mol. The molecule has 0 fully saturated rings. The Kier molecular flexibility index (Phi) is 11.4. The highest BCUT2D eigenvalue weighted by Crippen LogP contribution is 1.99. The van der Waals surface area contributed by atoms with Gasteiger partial charge in [-0.2, -0.15) is 0 Å². The minimum atomic E-state index is 0. The standard InChI is InChI=1S/C11H22O.CH4/c1-10(2)8-6-5-7-9-12-11(3)4;/h6,8,10-11H,5,7,9H2,1-4H3;1H4/b8-6+;. The molecule has 0 radical (unpaired) electrons. The largest absolute Gasteiger partial charge is 0.379 e. The Morgan fingerprint density at radius 1 is 1.15 bits per heavy atom. The average Bonchev–Trinajstić information content (AvgIpc) is 1.95. The first-order valence-electron chi connectivity index (χ1n) is 4.91. The molecule has 0 aromatic carbocycles. The molecular weight excluding hydrogens is 160 g/mol. The number of rotatable bonds is 6. The molecule has 0 amide bonds. The maximum absolute atomic E-state index is 5.41. The summed E-state index contributed by atoms with van der Waals surface area (Å²) in [6, 6.07) is 0. The number of hydrogen-bond acceptors (Lipinski definition) is 1. The van der Waals surface area contributed by atoms with Gasteiger partial charge in [-0.15, -0.1) is 0 Å². The van der Waals surface area contributed by atoms with E-state index < -0.39 is 0 Å². The second kappa shape index (κ2) is 9.79. The molecule has 1 heteroatoms. The molecular formula is C12H26O. The van der Waals surface area contributed by atoms with E-state index in [1.165, 1.54) is 0 Å². The van der Waals surface area contributed by atoms with Crippen LogP contribution in [0.3, 0.4) is 0 Å². The maximum Gasteiger partial charge on any atom is 0.0518 e. The lowest BCUT2D eigenvalue weighted by Crippen LogP contribution is -2.03. The van der Waals surface area contributed by atoms with Crippen molar-refractivity contribution in [3.05, 3.63) is 12.2 Å². The van der Waals surface area contributed by atoms with Crippen LogP contribution >= 0.6 is 0 Å². The van der Waals surface area contributed by atoms with Crippen molar-refractivity contribution in [2.24, 2.45) is 5.92 Å². The zero-order valence-corrected chi connectivity index (χ0v) is 8.84. The van der Waals surface area contributed by atoms with E-state index in [0.717, 1.165) is 19.4 Å². The molecule has 13 heavy (non-hydrogen) atoms. The predicted octanol–water partition coefficient (Wildman–Crippen LogP) is 4.04. The van der Waals surface area contributed by atoms with Crippen molar-refractivity contribution in [2.45, 2.75) is 54.1 Å². The SMILES string of the molecule is C.CC(C)/C=C/CCCOC(C)C. The summed E-state index contributed by atoms with van der Waals surface area (Å²) >= 11 is 0. The molecule has 0 saturated carbocycles. The Bertz CT molecular complexity index is 114. The van der Waals surface area contributed by atoms with E-state index in [1.54, 1.807) is 0 Å². The second-order valence-electron chi connectivity index (χ2n) is 3.73. The minimum Gasteiger partial charge on any atom is -0.379 e. The van der Waals surface area contributed by atoms with Gasteiger partial charge in [-0.25, -0.2) is 0 Å². The first kappa shape index (κ1) is 15.2. The highest BCUT2D eigenvalue weighted by Gasteiger charge is 1.91.